The third-order valence-corrected chi connectivity index (χ3v) is 6.45. The average molecular weight is 389 g/mol. The smallest absolute Gasteiger partial charge is 0.147 e. The molecule has 0 aliphatic carbocycles. The maximum atomic E-state index is 10.1. The van der Waals surface area contributed by atoms with Crippen LogP contribution >= 0.6 is 0 Å². The summed E-state index contributed by atoms with van der Waals surface area (Å²) in [5.41, 5.74) is 5.82. The summed E-state index contributed by atoms with van der Waals surface area (Å²) in [5.74, 6) is 1.35. The Hall–Kier alpha value is -2.66. The summed E-state index contributed by atoms with van der Waals surface area (Å²) in [6, 6.07) is 10.9. The van der Waals surface area contributed by atoms with Crippen LogP contribution in [0.4, 0.5) is 5.82 Å². The standard InChI is InChI=1S/C24H28N4O/c1-16-10-19(11-17(2)24(16)29)18-6-7-21-22(12-18)26-23(13-25-21)28-14-20(15-28)27-8-4-3-5-9-27/h6-7,10-13,20,29H,3-5,8-9,14-15H2,1-2H3. The van der Waals surface area contributed by atoms with Gasteiger partial charge in [-0.1, -0.05) is 12.5 Å². The van der Waals surface area contributed by atoms with E-state index in [9.17, 15) is 5.11 Å². The number of piperidine rings is 1. The first-order chi connectivity index (χ1) is 14.1. The Bertz CT molecular complexity index is 1030. The van der Waals surface area contributed by atoms with E-state index < -0.39 is 0 Å². The number of hydrogen-bond acceptors (Lipinski definition) is 5. The Morgan fingerprint density at radius 1 is 0.897 bits per heavy atom. The van der Waals surface area contributed by atoms with Gasteiger partial charge in [0.2, 0.25) is 0 Å². The zero-order valence-corrected chi connectivity index (χ0v) is 17.2. The molecule has 0 saturated carbocycles. The number of phenolic OH excluding ortho intramolecular Hbond substituents is 1. The number of likely N-dealkylation sites (tertiary alicyclic amines) is 1. The first-order valence-electron chi connectivity index (χ1n) is 10.6. The molecule has 5 nitrogen and oxygen atoms in total. The molecule has 1 aromatic heterocycles. The van der Waals surface area contributed by atoms with Crippen molar-refractivity contribution >= 4 is 16.9 Å². The molecular weight excluding hydrogens is 360 g/mol. The Labute approximate surface area is 172 Å². The monoisotopic (exact) mass is 388 g/mol. The normalized spacial score (nSPS) is 18.2. The Morgan fingerprint density at radius 2 is 1.62 bits per heavy atom. The van der Waals surface area contributed by atoms with Gasteiger partial charge < -0.3 is 10.0 Å². The summed E-state index contributed by atoms with van der Waals surface area (Å²) in [7, 11) is 0. The average Bonchev–Trinajstić information content (AvgIpc) is 2.71. The number of anilines is 1. The van der Waals surface area contributed by atoms with Crippen molar-refractivity contribution in [2.75, 3.05) is 31.1 Å². The number of fused-ring (bicyclic) bond motifs is 1. The van der Waals surface area contributed by atoms with Crippen LogP contribution in [0.15, 0.2) is 36.5 Å². The lowest BCUT2D eigenvalue weighted by atomic mass is 9.99. The second-order valence-electron chi connectivity index (χ2n) is 8.55. The number of aromatic hydroxyl groups is 1. The molecule has 2 aromatic carbocycles. The lowest BCUT2D eigenvalue weighted by Gasteiger charge is -2.47. The molecule has 0 atom stereocenters. The van der Waals surface area contributed by atoms with E-state index >= 15 is 0 Å². The number of rotatable bonds is 3. The molecule has 29 heavy (non-hydrogen) atoms. The first-order valence-corrected chi connectivity index (χ1v) is 10.6. The maximum absolute atomic E-state index is 10.1. The van der Waals surface area contributed by atoms with Crippen molar-refractivity contribution in [2.45, 2.75) is 39.2 Å². The van der Waals surface area contributed by atoms with Crippen LogP contribution < -0.4 is 4.90 Å². The van der Waals surface area contributed by atoms with Crippen molar-refractivity contribution in [1.29, 1.82) is 0 Å². The largest absolute Gasteiger partial charge is 0.507 e. The van der Waals surface area contributed by atoms with E-state index in [0.29, 0.717) is 11.8 Å². The molecule has 0 spiro atoms. The van der Waals surface area contributed by atoms with Gasteiger partial charge in [-0.05, 0) is 86.3 Å². The summed E-state index contributed by atoms with van der Waals surface area (Å²) in [6.45, 7) is 8.47. The van der Waals surface area contributed by atoms with E-state index in [1.165, 1.54) is 32.4 Å². The molecular formula is C24H28N4O. The number of nitrogens with zero attached hydrogens (tertiary/aromatic N) is 4. The van der Waals surface area contributed by atoms with Gasteiger partial charge >= 0.3 is 0 Å². The molecule has 0 amide bonds. The van der Waals surface area contributed by atoms with Gasteiger partial charge in [-0.25, -0.2) is 4.98 Å². The number of aromatic nitrogens is 2. The highest BCUT2D eigenvalue weighted by molar-refractivity contribution is 5.83. The summed E-state index contributed by atoms with van der Waals surface area (Å²) >= 11 is 0. The highest BCUT2D eigenvalue weighted by Crippen LogP contribution is 2.31. The van der Waals surface area contributed by atoms with E-state index in [1.54, 1.807) is 0 Å². The van der Waals surface area contributed by atoms with Crippen LogP contribution in [0.3, 0.4) is 0 Å². The van der Waals surface area contributed by atoms with Crippen LogP contribution in [0.5, 0.6) is 5.75 Å². The van der Waals surface area contributed by atoms with Crippen molar-refractivity contribution in [1.82, 2.24) is 14.9 Å². The number of benzene rings is 2. The SMILES string of the molecule is Cc1cc(-c2ccc3ncc(N4CC(N5CCCCC5)C4)nc3c2)cc(C)c1O. The molecule has 2 aliphatic rings. The van der Waals surface area contributed by atoms with Crippen LogP contribution in [0.25, 0.3) is 22.2 Å². The van der Waals surface area contributed by atoms with Crippen molar-refractivity contribution in [2.24, 2.45) is 0 Å². The van der Waals surface area contributed by atoms with E-state index in [2.05, 4.69) is 26.9 Å². The topological polar surface area (TPSA) is 52.5 Å². The minimum atomic E-state index is 0.373. The number of phenols is 1. The predicted molar refractivity (Wildman–Crippen MR) is 118 cm³/mol. The predicted octanol–water partition coefficient (Wildman–Crippen LogP) is 4.29. The Balaban J connectivity index is 1.39. The van der Waals surface area contributed by atoms with Crippen LogP contribution in [0, 0.1) is 13.8 Å². The van der Waals surface area contributed by atoms with Gasteiger partial charge in [0.15, 0.2) is 0 Å². The minimum absolute atomic E-state index is 0.373. The van der Waals surface area contributed by atoms with E-state index in [-0.39, 0.29) is 0 Å². The van der Waals surface area contributed by atoms with E-state index in [1.807, 2.05) is 38.2 Å². The van der Waals surface area contributed by atoms with Crippen LogP contribution in [0.2, 0.25) is 0 Å². The molecule has 2 saturated heterocycles. The molecule has 0 bridgehead atoms. The van der Waals surface area contributed by atoms with Crippen LogP contribution in [0.1, 0.15) is 30.4 Å². The lowest BCUT2D eigenvalue weighted by molar-refractivity contribution is 0.138. The molecule has 5 heteroatoms. The molecule has 150 valence electrons. The molecule has 3 aromatic rings. The zero-order valence-electron chi connectivity index (χ0n) is 17.2. The van der Waals surface area contributed by atoms with Gasteiger partial charge in [-0.15, -0.1) is 0 Å². The van der Waals surface area contributed by atoms with Crippen LogP contribution in [-0.2, 0) is 0 Å². The fourth-order valence-electron chi connectivity index (χ4n) is 4.61. The van der Waals surface area contributed by atoms with Crippen molar-refractivity contribution in [3.8, 4) is 16.9 Å². The zero-order chi connectivity index (χ0) is 20.0. The van der Waals surface area contributed by atoms with Crippen molar-refractivity contribution in [3.63, 3.8) is 0 Å². The number of aryl methyl sites for hydroxylation is 2. The Morgan fingerprint density at radius 3 is 2.34 bits per heavy atom. The van der Waals surface area contributed by atoms with Crippen molar-refractivity contribution < 1.29 is 5.11 Å². The van der Waals surface area contributed by atoms with Gasteiger partial charge in [0.1, 0.15) is 11.6 Å². The van der Waals surface area contributed by atoms with Crippen LogP contribution in [-0.4, -0.2) is 52.2 Å². The highest BCUT2D eigenvalue weighted by atomic mass is 16.3. The summed E-state index contributed by atoms with van der Waals surface area (Å²) in [5, 5.41) is 10.1. The van der Waals surface area contributed by atoms with Crippen molar-refractivity contribution in [3.05, 3.63) is 47.7 Å². The quantitative estimate of drug-likeness (QED) is 0.725. The number of hydrogen-bond donors (Lipinski definition) is 1. The molecule has 2 aliphatic heterocycles. The van der Waals surface area contributed by atoms with E-state index in [0.717, 1.165) is 52.2 Å². The fourth-order valence-corrected chi connectivity index (χ4v) is 4.61. The summed E-state index contributed by atoms with van der Waals surface area (Å²) < 4.78 is 0. The molecule has 1 N–H and O–H groups in total. The van der Waals surface area contributed by atoms with Gasteiger partial charge in [0.25, 0.3) is 0 Å². The minimum Gasteiger partial charge on any atom is -0.507 e. The third-order valence-electron chi connectivity index (χ3n) is 6.45. The van der Waals surface area contributed by atoms with E-state index in [4.69, 9.17) is 4.98 Å². The second-order valence-corrected chi connectivity index (χ2v) is 8.55. The molecule has 5 rings (SSSR count). The fraction of sp³-hybridized carbons (Fsp3) is 0.417. The first kappa shape index (κ1) is 18.4. The van der Waals surface area contributed by atoms with Gasteiger partial charge in [0, 0.05) is 19.1 Å². The summed E-state index contributed by atoms with van der Waals surface area (Å²) in [4.78, 5) is 14.6. The molecule has 3 heterocycles. The lowest BCUT2D eigenvalue weighted by Crippen LogP contribution is -2.60. The summed E-state index contributed by atoms with van der Waals surface area (Å²) in [6.07, 6.45) is 5.96. The molecule has 0 radical (unpaired) electrons. The third kappa shape index (κ3) is 3.44. The maximum Gasteiger partial charge on any atom is 0.147 e. The molecule has 2 fully saturated rings. The second kappa shape index (κ2) is 7.30. The Kier molecular flexibility index (Phi) is 4.63. The van der Waals surface area contributed by atoms with Gasteiger partial charge in [-0.3, -0.25) is 9.88 Å². The van der Waals surface area contributed by atoms with Gasteiger partial charge in [0.05, 0.1) is 17.2 Å². The van der Waals surface area contributed by atoms with Gasteiger partial charge in [-0.2, -0.15) is 0 Å². The highest BCUT2D eigenvalue weighted by Gasteiger charge is 2.33. The molecule has 0 unspecified atom stereocenters.